The van der Waals surface area contributed by atoms with Gasteiger partial charge in [0, 0.05) is 18.6 Å². The van der Waals surface area contributed by atoms with Crippen LogP contribution in [0.1, 0.15) is 19.8 Å². The van der Waals surface area contributed by atoms with Crippen molar-refractivity contribution in [3.05, 3.63) is 0 Å². The molecule has 2 N–H and O–H groups in total. The molecule has 2 unspecified atom stereocenters. The van der Waals surface area contributed by atoms with Gasteiger partial charge in [-0.05, 0) is 33.4 Å². The van der Waals surface area contributed by atoms with Gasteiger partial charge in [0.15, 0.2) is 0 Å². The maximum atomic E-state index is 11.3. The van der Waals surface area contributed by atoms with Gasteiger partial charge in [-0.15, -0.1) is 0 Å². The van der Waals surface area contributed by atoms with Crippen LogP contribution in [0.3, 0.4) is 0 Å². The fourth-order valence-corrected chi connectivity index (χ4v) is 2.61. The Balaban J connectivity index is 2.05. The van der Waals surface area contributed by atoms with Crippen molar-refractivity contribution >= 4 is 5.91 Å². The molecule has 2 saturated heterocycles. The fraction of sp³-hybridized carbons (Fsp3) is 0.900. The molecule has 2 fully saturated rings. The Hall–Kier alpha value is -0.610. The summed E-state index contributed by atoms with van der Waals surface area (Å²) in [5.74, 6) is 0.129. The number of hydrogen-bond acceptors (Lipinski definition) is 3. The molecule has 0 aliphatic carbocycles. The number of carbonyl (C=O) groups is 1. The molecular formula is C10H19N3O. The van der Waals surface area contributed by atoms with E-state index in [1.165, 1.54) is 19.4 Å². The third kappa shape index (κ3) is 1.77. The Morgan fingerprint density at radius 3 is 3.00 bits per heavy atom. The molecule has 2 aliphatic rings. The third-order valence-electron chi connectivity index (χ3n) is 3.28. The molecule has 1 spiro atoms. The van der Waals surface area contributed by atoms with Crippen LogP contribution in [0, 0.1) is 0 Å². The van der Waals surface area contributed by atoms with Crippen molar-refractivity contribution in [1.29, 1.82) is 0 Å². The average Bonchev–Trinajstić information content (AvgIpc) is 2.12. The minimum absolute atomic E-state index is 0.0461. The van der Waals surface area contributed by atoms with Crippen LogP contribution in [0.25, 0.3) is 0 Å². The first kappa shape index (κ1) is 9.93. The van der Waals surface area contributed by atoms with E-state index < -0.39 is 0 Å². The zero-order valence-electron chi connectivity index (χ0n) is 8.97. The molecule has 0 saturated carbocycles. The topological polar surface area (TPSA) is 44.4 Å². The van der Waals surface area contributed by atoms with Crippen LogP contribution >= 0.6 is 0 Å². The van der Waals surface area contributed by atoms with Gasteiger partial charge >= 0.3 is 0 Å². The molecule has 0 radical (unpaired) electrons. The van der Waals surface area contributed by atoms with Gasteiger partial charge in [-0.3, -0.25) is 10.1 Å². The lowest BCUT2D eigenvalue weighted by Gasteiger charge is -2.46. The predicted octanol–water partition coefficient (Wildman–Crippen LogP) is -0.441. The summed E-state index contributed by atoms with van der Waals surface area (Å²) in [6.07, 6.45) is 2.38. The fourth-order valence-electron chi connectivity index (χ4n) is 2.61. The highest BCUT2D eigenvalue weighted by atomic mass is 16.2. The lowest BCUT2D eigenvalue weighted by atomic mass is 9.86. The van der Waals surface area contributed by atoms with E-state index in [4.69, 9.17) is 0 Å². The molecule has 2 heterocycles. The first-order valence-corrected chi connectivity index (χ1v) is 5.35. The summed E-state index contributed by atoms with van der Waals surface area (Å²) in [6, 6.07) is -0.0461. The minimum Gasteiger partial charge on any atom is -0.353 e. The summed E-state index contributed by atoms with van der Waals surface area (Å²) in [7, 11) is 2.14. The van der Waals surface area contributed by atoms with E-state index in [0.717, 1.165) is 13.1 Å². The van der Waals surface area contributed by atoms with Gasteiger partial charge in [0.1, 0.15) is 0 Å². The number of nitrogens with zero attached hydrogens (tertiary/aromatic N) is 1. The van der Waals surface area contributed by atoms with E-state index in [2.05, 4.69) is 22.6 Å². The van der Waals surface area contributed by atoms with Crippen LogP contribution in [-0.4, -0.2) is 49.1 Å². The van der Waals surface area contributed by atoms with Gasteiger partial charge in [0.05, 0.1) is 6.04 Å². The molecule has 0 bridgehead atoms. The quantitative estimate of drug-likeness (QED) is 0.553. The van der Waals surface area contributed by atoms with E-state index in [9.17, 15) is 4.79 Å². The van der Waals surface area contributed by atoms with E-state index >= 15 is 0 Å². The molecule has 14 heavy (non-hydrogen) atoms. The Labute approximate surface area is 85.0 Å². The Morgan fingerprint density at radius 2 is 2.36 bits per heavy atom. The Bertz CT molecular complexity index is 244. The summed E-state index contributed by atoms with van der Waals surface area (Å²) >= 11 is 0. The smallest absolute Gasteiger partial charge is 0.236 e. The van der Waals surface area contributed by atoms with E-state index in [1.54, 1.807) is 0 Å². The summed E-state index contributed by atoms with van der Waals surface area (Å²) in [6.45, 7) is 4.93. The summed E-state index contributed by atoms with van der Waals surface area (Å²) in [5, 5.41) is 6.44. The van der Waals surface area contributed by atoms with Gasteiger partial charge in [-0.2, -0.15) is 0 Å². The van der Waals surface area contributed by atoms with Crippen LogP contribution < -0.4 is 10.6 Å². The molecule has 2 rings (SSSR count). The largest absolute Gasteiger partial charge is 0.353 e. The second kappa shape index (κ2) is 3.51. The number of nitrogens with one attached hydrogen (secondary N) is 2. The summed E-state index contributed by atoms with van der Waals surface area (Å²) in [5.41, 5.74) is 0.125. The third-order valence-corrected chi connectivity index (χ3v) is 3.28. The number of amides is 1. The lowest BCUT2D eigenvalue weighted by Crippen LogP contribution is -2.70. The summed E-state index contributed by atoms with van der Waals surface area (Å²) in [4.78, 5) is 13.6. The van der Waals surface area contributed by atoms with Crippen LogP contribution in [-0.2, 0) is 4.79 Å². The van der Waals surface area contributed by atoms with Crippen LogP contribution in [0.2, 0.25) is 0 Å². The van der Waals surface area contributed by atoms with Crippen molar-refractivity contribution in [3.63, 3.8) is 0 Å². The van der Waals surface area contributed by atoms with E-state index in [1.807, 2.05) is 6.92 Å². The van der Waals surface area contributed by atoms with Crippen LogP contribution in [0.5, 0.6) is 0 Å². The number of carbonyl (C=O) groups excluding carboxylic acids is 1. The molecule has 0 aromatic carbocycles. The zero-order chi connectivity index (χ0) is 10.2. The number of piperazine rings is 1. The van der Waals surface area contributed by atoms with E-state index in [0.29, 0.717) is 0 Å². The second-order valence-electron chi connectivity index (χ2n) is 4.71. The lowest BCUT2D eigenvalue weighted by molar-refractivity contribution is -0.126. The molecule has 4 heteroatoms. The molecule has 2 atom stereocenters. The zero-order valence-corrected chi connectivity index (χ0v) is 8.97. The highest BCUT2D eigenvalue weighted by Crippen LogP contribution is 2.22. The molecule has 4 nitrogen and oxygen atoms in total. The molecule has 80 valence electrons. The number of hydrogen-bond donors (Lipinski definition) is 2. The van der Waals surface area contributed by atoms with Crippen LogP contribution in [0.4, 0.5) is 0 Å². The van der Waals surface area contributed by atoms with Gasteiger partial charge in [0.25, 0.3) is 0 Å². The molecule has 0 aromatic rings. The van der Waals surface area contributed by atoms with E-state index in [-0.39, 0.29) is 17.5 Å². The maximum Gasteiger partial charge on any atom is 0.236 e. The Morgan fingerprint density at radius 1 is 1.57 bits per heavy atom. The van der Waals surface area contributed by atoms with Crippen molar-refractivity contribution < 1.29 is 4.79 Å². The van der Waals surface area contributed by atoms with Gasteiger partial charge in [0.2, 0.25) is 5.91 Å². The number of piperidine rings is 1. The van der Waals surface area contributed by atoms with Crippen molar-refractivity contribution in [2.24, 2.45) is 0 Å². The first-order valence-electron chi connectivity index (χ1n) is 5.35. The molecule has 1 amide bonds. The summed E-state index contributed by atoms with van der Waals surface area (Å²) < 4.78 is 0. The number of likely N-dealkylation sites (N-methyl/N-ethyl adjacent to an activating group) is 1. The van der Waals surface area contributed by atoms with Crippen molar-refractivity contribution in [2.75, 3.05) is 26.7 Å². The van der Waals surface area contributed by atoms with Gasteiger partial charge in [-0.1, -0.05) is 0 Å². The normalized spacial score (nSPS) is 39.9. The van der Waals surface area contributed by atoms with Gasteiger partial charge < -0.3 is 10.2 Å². The highest BCUT2D eigenvalue weighted by Gasteiger charge is 2.39. The van der Waals surface area contributed by atoms with Crippen LogP contribution in [0.15, 0.2) is 0 Å². The van der Waals surface area contributed by atoms with Crippen molar-refractivity contribution in [3.8, 4) is 0 Å². The van der Waals surface area contributed by atoms with Crippen molar-refractivity contribution in [2.45, 2.75) is 31.3 Å². The molecule has 0 aromatic heterocycles. The number of likely N-dealkylation sites (tertiary alicyclic amines) is 1. The molecular weight excluding hydrogens is 178 g/mol. The standard InChI is InChI=1S/C10H19N3O/c1-8-9(14)11-6-10(12-8)4-3-5-13(2)7-10/h8,12H,3-7H2,1-2H3,(H,11,14). The Kier molecular flexibility index (Phi) is 2.49. The monoisotopic (exact) mass is 197 g/mol. The molecule has 2 aliphatic heterocycles. The second-order valence-corrected chi connectivity index (χ2v) is 4.71. The predicted molar refractivity (Wildman–Crippen MR) is 55.1 cm³/mol. The maximum absolute atomic E-state index is 11.3. The van der Waals surface area contributed by atoms with Gasteiger partial charge in [-0.25, -0.2) is 0 Å². The minimum atomic E-state index is -0.0461. The van der Waals surface area contributed by atoms with Crippen molar-refractivity contribution in [1.82, 2.24) is 15.5 Å². The SMILES string of the molecule is CC1NC2(CCCN(C)C2)CNC1=O. The highest BCUT2D eigenvalue weighted by molar-refractivity contribution is 5.82. The first-order chi connectivity index (χ1) is 6.61. The number of rotatable bonds is 0. The average molecular weight is 197 g/mol.